The topological polar surface area (TPSA) is 118 Å². The van der Waals surface area contributed by atoms with Crippen LogP contribution in [0, 0.1) is 0 Å². The van der Waals surface area contributed by atoms with Gasteiger partial charge in [0.05, 0.1) is 32.0 Å². The molecular formula is C25H23N3O7. The highest BCUT2D eigenvalue weighted by molar-refractivity contribution is 6.20. The summed E-state index contributed by atoms with van der Waals surface area (Å²) in [6, 6.07) is 10.1. The normalized spacial score (nSPS) is 13.2. The van der Waals surface area contributed by atoms with E-state index in [0.29, 0.717) is 52.9 Å². The molecule has 180 valence electrons. The number of hydrogen-bond acceptors (Lipinski definition) is 10. The van der Waals surface area contributed by atoms with Crippen molar-refractivity contribution < 1.29 is 33.3 Å². The van der Waals surface area contributed by atoms with Gasteiger partial charge in [0.15, 0.2) is 17.3 Å². The monoisotopic (exact) mass is 477 g/mol. The third kappa shape index (κ3) is 5.39. The van der Waals surface area contributed by atoms with Crippen LogP contribution in [-0.2, 0) is 14.3 Å². The highest BCUT2D eigenvalue weighted by Gasteiger charge is 2.23. The molecule has 0 bridgehead atoms. The van der Waals surface area contributed by atoms with Gasteiger partial charge >= 0.3 is 0 Å². The van der Waals surface area contributed by atoms with Crippen molar-refractivity contribution in [3.8, 4) is 23.0 Å². The summed E-state index contributed by atoms with van der Waals surface area (Å²) < 4.78 is 26.8. The summed E-state index contributed by atoms with van der Waals surface area (Å²) >= 11 is 0. The van der Waals surface area contributed by atoms with Crippen LogP contribution in [0.25, 0.3) is 10.9 Å². The van der Waals surface area contributed by atoms with Crippen LogP contribution < -0.4 is 24.3 Å². The van der Waals surface area contributed by atoms with Gasteiger partial charge in [-0.15, -0.1) is 0 Å². The Kier molecular flexibility index (Phi) is 7.22. The average Bonchev–Trinajstić information content (AvgIpc) is 2.87. The number of hydrogen-bond donors (Lipinski definition) is 1. The van der Waals surface area contributed by atoms with Crippen molar-refractivity contribution >= 4 is 28.3 Å². The molecule has 0 unspecified atom stereocenters. The maximum absolute atomic E-state index is 12.7. The third-order valence-electron chi connectivity index (χ3n) is 5.05. The molecule has 0 saturated carbocycles. The zero-order chi connectivity index (χ0) is 24.8. The van der Waals surface area contributed by atoms with Gasteiger partial charge in [-0.25, -0.2) is 9.97 Å². The molecule has 0 amide bonds. The van der Waals surface area contributed by atoms with Crippen molar-refractivity contribution in [1.29, 1.82) is 0 Å². The van der Waals surface area contributed by atoms with Crippen LogP contribution in [0.2, 0.25) is 0 Å². The van der Waals surface area contributed by atoms with E-state index >= 15 is 0 Å². The molecule has 2 aromatic carbocycles. The first-order valence-electron chi connectivity index (χ1n) is 10.6. The molecule has 1 aliphatic carbocycles. The SMILES string of the molecule is COCCOc1cc2ncnc(NC3=CC(=O)C(Oc4ccc(OC)cc4)=CC3=O)c2cc1OC. The molecule has 3 aromatic rings. The Morgan fingerprint density at radius 1 is 0.829 bits per heavy atom. The van der Waals surface area contributed by atoms with Crippen molar-refractivity contribution in [2.24, 2.45) is 0 Å². The molecule has 0 atom stereocenters. The summed E-state index contributed by atoms with van der Waals surface area (Å²) in [5, 5.41) is 3.51. The molecule has 1 heterocycles. The van der Waals surface area contributed by atoms with Gasteiger partial charge in [0, 0.05) is 30.7 Å². The number of rotatable bonds is 10. The molecule has 0 aliphatic heterocycles. The maximum Gasteiger partial charge on any atom is 0.223 e. The molecule has 35 heavy (non-hydrogen) atoms. The highest BCUT2D eigenvalue weighted by Crippen LogP contribution is 2.34. The van der Waals surface area contributed by atoms with Crippen molar-refractivity contribution in [2.75, 3.05) is 39.9 Å². The Morgan fingerprint density at radius 3 is 2.31 bits per heavy atom. The Morgan fingerprint density at radius 2 is 1.60 bits per heavy atom. The highest BCUT2D eigenvalue weighted by atomic mass is 16.5. The van der Waals surface area contributed by atoms with E-state index in [1.165, 1.54) is 19.5 Å². The van der Waals surface area contributed by atoms with Crippen molar-refractivity contribution in [3.63, 3.8) is 0 Å². The third-order valence-corrected chi connectivity index (χ3v) is 5.05. The summed E-state index contributed by atoms with van der Waals surface area (Å²) in [5.74, 6) is 1.34. The first-order chi connectivity index (χ1) is 17.0. The molecule has 10 heteroatoms. The molecule has 1 aromatic heterocycles. The van der Waals surface area contributed by atoms with E-state index < -0.39 is 11.6 Å². The number of fused-ring (bicyclic) bond motifs is 1. The van der Waals surface area contributed by atoms with Crippen LogP contribution in [0.5, 0.6) is 23.0 Å². The number of nitrogens with one attached hydrogen (secondary N) is 1. The number of nitrogens with zero attached hydrogens (tertiary/aromatic N) is 2. The van der Waals surface area contributed by atoms with Crippen LogP contribution in [0.3, 0.4) is 0 Å². The minimum Gasteiger partial charge on any atom is -0.497 e. The summed E-state index contributed by atoms with van der Waals surface area (Å²) in [5.41, 5.74) is 0.612. The van der Waals surface area contributed by atoms with E-state index in [9.17, 15) is 9.59 Å². The lowest BCUT2D eigenvalue weighted by Crippen LogP contribution is -2.21. The van der Waals surface area contributed by atoms with Gasteiger partial charge in [-0.2, -0.15) is 0 Å². The average molecular weight is 477 g/mol. The lowest BCUT2D eigenvalue weighted by atomic mass is 10.1. The van der Waals surface area contributed by atoms with E-state index in [1.807, 2.05) is 0 Å². The second-order valence-corrected chi connectivity index (χ2v) is 7.28. The lowest BCUT2D eigenvalue weighted by molar-refractivity contribution is -0.116. The summed E-state index contributed by atoms with van der Waals surface area (Å²) in [6.07, 6.45) is 3.66. The predicted octanol–water partition coefficient (Wildman–Crippen LogP) is 3.08. The number of benzene rings is 2. The van der Waals surface area contributed by atoms with Crippen molar-refractivity contribution in [2.45, 2.75) is 0 Å². The molecule has 4 rings (SSSR count). The van der Waals surface area contributed by atoms with Crippen LogP contribution in [0.15, 0.2) is 66.3 Å². The van der Waals surface area contributed by atoms with Gasteiger partial charge in [0.1, 0.15) is 30.3 Å². The number of carbonyl (C=O) groups is 2. The van der Waals surface area contributed by atoms with Crippen LogP contribution in [0.4, 0.5) is 5.82 Å². The molecule has 0 radical (unpaired) electrons. The van der Waals surface area contributed by atoms with E-state index in [-0.39, 0.29) is 11.5 Å². The number of allylic oxidation sites excluding steroid dienone is 2. The first-order valence-corrected chi connectivity index (χ1v) is 10.6. The minimum absolute atomic E-state index is 0.0523. The van der Waals surface area contributed by atoms with Gasteiger partial charge < -0.3 is 29.0 Å². The number of carbonyl (C=O) groups excluding carboxylic acids is 2. The maximum atomic E-state index is 12.7. The molecular weight excluding hydrogens is 454 g/mol. The standard InChI is InChI=1S/C25H23N3O7/c1-31-8-9-34-24-12-18-17(10-23(24)33-3)25(27-14-26-18)28-19-11-21(30)22(13-20(19)29)35-16-6-4-15(32-2)5-7-16/h4-7,10-14H,8-9H2,1-3H3,(H,26,27,28). The molecule has 0 fully saturated rings. The quantitative estimate of drug-likeness (QED) is 0.345. The lowest BCUT2D eigenvalue weighted by Gasteiger charge is -2.16. The first kappa shape index (κ1) is 23.7. The second kappa shape index (κ2) is 10.7. The van der Waals surface area contributed by atoms with E-state index in [1.54, 1.807) is 50.6 Å². The van der Waals surface area contributed by atoms with Crippen molar-refractivity contribution in [3.05, 3.63) is 66.3 Å². The number of ketones is 2. The largest absolute Gasteiger partial charge is 0.497 e. The zero-order valence-electron chi connectivity index (χ0n) is 19.4. The number of methoxy groups -OCH3 is 3. The fourth-order valence-electron chi connectivity index (χ4n) is 3.29. The zero-order valence-corrected chi connectivity index (χ0v) is 19.4. The van der Waals surface area contributed by atoms with Crippen LogP contribution in [0.1, 0.15) is 0 Å². The summed E-state index contributed by atoms with van der Waals surface area (Å²) in [6.45, 7) is 0.755. The van der Waals surface area contributed by atoms with Gasteiger partial charge in [0.25, 0.3) is 0 Å². The van der Waals surface area contributed by atoms with Gasteiger partial charge in [-0.1, -0.05) is 0 Å². The minimum atomic E-state index is -0.465. The van der Waals surface area contributed by atoms with Gasteiger partial charge in [0.2, 0.25) is 11.6 Å². The summed E-state index contributed by atoms with van der Waals surface area (Å²) in [4.78, 5) is 33.9. The molecule has 0 spiro atoms. The predicted molar refractivity (Wildman–Crippen MR) is 127 cm³/mol. The summed E-state index contributed by atoms with van der Waals surface area (Å²) in [7, 11) is 4.65. The molecule has 10 nitrogen and oxygen atoms in total. The van der Waals surface area contributed by atoms with E-state index in [0.717, 1.165) is 6.08 Å². The molecule has 1 aliphatic rings. The number of anilines is 1. The van der Waals surface area contributed by atoms with Crippen molar-refractivity contribution in [1.82, 2.24) is 9.97 Å². The number of ether oxygens (including phenoxy) is 5. The fraction of sp³-hybridized carbons (Fsp3) is 0.200. The Bertz CT molecular complexity index is 1320. The van der Waals surface area contributed by atoms with Gasteiger partial charge in [-0.3, -0.25) is 9.59 Å². The van der Waals surface area contributed by atoms with E-state index in [4.69, 9.17) is 23.7 Å². The Hall–Kier alpha value is -4.44. The molecule has 0 saturated heterocycles. The Balaban J connectivity index is 1.55. The number of aromatic nitrogens is 2. The fourth-order valence-corrected chi connectivity index (χ4v) is 3.29. The smallest absolute Gasteiger partial charge is 0.223 e. The van der Waals surface area contributed by atoms with Gasteiger partial charge in [-0.05, 0) is 30.3 Å². The second-order valence-electron chi connectivity index (χ2n) is 7.28. The molecule has 1 N–H and O–H groups in total. The Labute approximate surface area is 201 Å². The van der Waals surface area contributed by atoms with E-state index in [2.05, 4.69) is 15.3 Å². The van der Waals surface area contributed by atoms with Crippen LogP contribution in [-0.4, -0.2) is 56.1 Å². The van der Waals surface area contributed by atoms with Crippen LogP contribution >= 0.6 is 0 Å².